The number of aliphatic carboxylic acids is 1. The molecule has 2 aromatic rings. The van der Waals surface area contributed by atoms with Gasteiger partial charge in [-0.2, -0.15) is 5.26 Å². The number of carbonyl (C=O) groups excluding carboxylic acids is 1. The summed E-state index contributed by atoms with van der Waals surface area (Å²) in [6, 6.07) is 6.64. The van der Waals surface area contributed by atoms with Gasteiger partial charge in [0.2, 0.25) is 0 Å². The summed E-state index contributed by atoms with van der Waals surface area (Å²) >= 11 is 0. The predicted octanol–water partition coefficient (Wildman–Crippen LogP) is 1.31. The second-order valence-electron chi connectivity index (χ2n) is 3.21. The molecule has 0 aliphatic carbocycles. The summed E-state index contributed by atoms with van der Waals surface area (Å²) in [6.45, 7) is 0. The quantitative estimate of drug-likeness (QED) is 0.582. The summed E-state index contributed by atoms with van der Waals surface area (Å²) in [5.74, 6) is -2.50. The number of aromatic nitrogens is 1. The lowest BCUT2D eigenvalue weighted by Gasteiger charge is -1.94. The zero-order valence-corrected chi connectivity index (χ0v) is 8.02. The van der Waals surface area contributed by atoms with Crippen LogP contribution in [0.3, 0.4) is 0 Å². The van der Waals surface area contributed by atoms with E-state index in [1.165, 1.54) is 12.3 Å². The van der Waals surface area contributed by atoms with E-state index >= 15 is 0 Å². The van der Waals surface area contributed by atoms with Gasteiger partial charge >= 0.3 is 5.97 Å². The maximum Gasteiger partial charge on any atom is 0.377 e. The van der Waals surface area contributed by atoms with Gasteiger partial charge in [-0.25, -0.2) is 4.79 Å². The van der Waals surface area contributed by atoms with Crippen LogP contribution in [0.5, 0.6) is 0 Å². The standard InChI is InChI=1S/C11H6N2O3/c12-4-6-1-2-9-7(3-6)8(5-13-9)10(14)11(15)16/h1-3,5,13H,(H,15,16). The molecule has 5 nitrogen and oxygen atoms in total. The fourth-order valence-electron chi connectivity index (χ4n) is 1.49. The first kappa shape index (κ1) is 9.93. The minimum Gasteiger partial charge on any atom is -0.475 e. The van der Waals surface area contributed by atoms with Gasteiger partial charge in [0.15, 0.2) is 0 Å². The van der Waals surface area contributed by atoms with Crippen molar-refractivity contribution in [3.05, 3.63) is 35.5 Å². The van der Waals surface area contributed by atoms with Gasteiger partial charge in [-0.1, -0.05) is 0 Å². The minimum absolute atomic E-state index is 0.0691. The summed E-state index contributed by atoms with van der Waals surface area (Å²) in [4.78, 5) is 24.7. The Kier molecular flexibility index (Phi) is 2.18. The fourth-order valence-corrected chi connectivity index (χ4v) is 1.49. The number of hydrogen-bond donors (Lipinski definition) is 2. The smallest absolute Gasteiger partial charge is 0.377 e. The van der Waals surface area contributed by atoms with E-state index in [9.17, 15) is 9.59 Å². The highest BCUT2D eigenvalue weighted by atomic mass is 16.4. The number of rotatable bonds is 2. The van der Waals surface area contributed by atoms with Crippen molar-refractivity contribution < 1.29 is 14.7 Å². The highest BCUT2D eigenvalue weighted by Crippen LogP contribution is 2.20. The Hall–Kier alpha value is -2.61. The first-order valence-corrected chi connectivity index (χ1v) is 4.42. The molecule has 1 aromatic carbocycles. The number of carboxylic acid groups (broad SMARTS) is 1. The molecular weight excluding hydrogens is 208 g/mol. The normalized spacial score (nSPS) is 9.94. The molecule has 1 aromatic heterocycles. The van der Waals surface area contributed by atoms with E-state index in [4.69, 9.17) is 10.4 Å². The van der Waals surface area contributed by atoms with Gasteiger partial charge in [-0.15, -0.1) is 0 Å². The molecule has 78 valence electrons. The van der Waals surface area contributed by atoms with Gasteiger partial charge in [-0.05, 0) is 18.2 Å². The van der Waals surface area contributed by atoms with Crippen LogP contribution in [0, 0.1) is 11.3 Å². The van der Waals surface area contributed by atoms with Gasteiger partial charge in [0.1, 0.15) is 0 Å². The molecule has 0 saturated heterocycles. The lowest BCUT2D eigenvalue weighted by atomic mass is 10.1. The third kappa shape index (κ3) is 1.42. The van der Waals surface area contributed by atoms with Crippen LogP contribution in [0.15, 0.2) is 24.4 Å². The van der Waals surface area contributed by atoms with E-state index in [0.29, 0.717) is 16.5 Å². The summed E-state index contributed by atoms with van der Waals surface area (Å²) < 4.78 is 0. The minimum atomic E-state index is -1.51. The number of benzene rings is 1. The molecule has 0 amide bonds. The largest absolute Gasteiger partial charge is 0.475 e. The number of ketones is 1. The molecule has 0 unspecified atom stereocenters. The summed E-state index contributed by atoms with van der Waals surface area (Å²) in [5.41, 5.74) is 1.08. The summed E-state index contributed by atoms with van der Waals surface area (Å²) in [5, 5.41) is 17.8. The molecule has 0 radical (unpaired) electrons. The number of fused-ring (bicyclic) bond motifs is 1. The molecule has 0 aliphatic heterocycles. The first-order valence-electron chi connectivity index (χ1n) is 4.42. The van der Waals surface area contributed by atoms with Gasteiger partial charge in [0.25, 0.3) is 5.78 Å². The van der Waals surface area contributed by atoms with E-state index in [1.54, 1.807) is 12.1 Å². The van der Waals surface area contributed by atoms with Gasteiger partial charge in [-0.3, -0.25) is 4.79 Å². The summed E-state index contributed by atoms with van der Waals surface area (Å²) in [7, 11) is 0. The number of hydrogen-bond acceptors (Lipinski definition) is 3. The number of Topliss-reactive ketones (excluding diaryl/α,β-unsaturated/α-hetero) is 1. The van der Waals surface area contributed by atoms with Crippen LogP contribution >= 0.6 is 0 Å². The maximum atomic E-state index is 11.3. The third-order valence-electron chi connectivity index (χ3n) is 2.25. The lowest BCUT2D eigenvalue weighted by molar-refractivity contribution is -0.131. The molecule has 0 atom stereocenters. The number of nitrogens with zero attached hydrogens (tertiary/aromatic N) is 1. The molecular formula is C11H6N2O3. The monoisotopic (exact) mass is 214 g/mol. The Morgan fingerprint density at radius 1 is 1.38 bits per heavy atom. The van der Waals surface area contributed by atoms with Gasteiger partial charge < -0.3 is 10.1 Å². The van der Waals surface area contributed by atoms with Crippen molar-refractivity contribution in [1.82, 2.24) is 4.98 Å². The van der Waals surface area contributed by atoms with Crippen molar-refractivity contribution in [2.75, 3.05) is 0 Å². The van der Waals surface area contributed by atoms with Gasteiger partial charge in [0, 0.05) is 17.1 Å². The van der Waals surface area contributed by atoms with Crippen LogP contribution < -0.4 is 0 Å². The van der Waals surface area contributed by atoms with Gasteiger partial charge in [0.05, 0.1) is 17.2 Å². The van der Waals surface area contributed by atoms with E-state index < -0.39 is 11.8 Å². The Balaban J connectivity index is 2.68. The number of H-pyrrole nitrogens is 1. The Labute approximate surface area is 89.9 Å². The van der Waals surface area contributed by atoms with Crippen molar-refractivity contribution in [2.45, 2.75) is 0 Å². The number of aromatic amines is 1. The van der Waals surface area contributed by atoms with E-state index in [0.717, 1.165) is 0 Å². The lowest BCUT2D eigenvalue weighted by Crippen LogP contribution is -2.11. The van der Waals surface area contributed by atoms with Crippen LogP contribution in [0.1, 0.15) is 15.9 Å². The van der Waals surface area contributed by atoms with Crippen molar-refractivity contribution in [1.29, 1.82) is 5.26 Å². The highest BCUT2D eigenvalue weighted by Gasteiger charge is 2.18. The van der Waals surface area contributed by atoms with Crippen molar-refractivity contribution >= 4 is 22.7 Å². The molecule has 0 spiro atoms. The van der Waals surface area contributed by atoms with E-state index in [2.05, 4.69) is 4.98 Å². The molecule has 0 aliphatic rings. The highest BCUT2D eigenvalue weighted by molar-refractivity contribution is 6.42. The van der Waals surface area contributed by atoms with Crippen LogP contribution in [0.2, 0.25) is 0 Å². The Bertz CT molecular complexity index is 634. The van der Waals surface area contributed by atoms with Crippen LogP contribution in [-0.4, -0.2) is 21.8 Å². The molecule has 2 rings (SSSR count). The molecule has 0 bridgehead atoms. The molecule has 1 heterocycles. The molecule has 0 fully saturated rings. The molecule has 16 heavy (non-hydrogen) atoms. The molecule has 5 heteroatoms. The van der Waals surface area contributed by atoms with Crippen molar-refractivity contribution in [3.63, 3.8) is 0 Å². The van der Waals surface area contributed by atoms with Crippen molar-refractivity contribution in [3.8, 4) is 6.07 Å². The second-order valence-corrected chi connectivity index (χ2v) is 3.21. The van der Waals surface area contributed by atoms with Crippen molar-refractivity contribution in [2.24, 2.45) is 0 Å². The van der Waals surface area contributed by atoms with E-state index in [1.807, 2.05) is 6.07 Å². The zero-order chi connectivity index (χ0) is 11.7. The zero-order valence-electron chi connectivity index (χ0n) is 8.02. The molecule has 2 N–H and O–H groups in total. The topological polar surface area (TPSA) is 94.0 Å². The Morgan fingerprint density at radius 2 is 2.12 bits per heavy atom. The Morgan fingerprint density at radius 3 is 2.75 bits per heavy atom. The average Bonchev–Trinajstić information content (AvgIpc) is 2.70. The van der Waals surface area contributed by atoms with Crippen LogP contribution in [0.25, 0.3) is 10.9 Å². The maximum absolute atomic E-state index is 11.3. The number of nitriles is 1. The molecule has 0 saturated carbocycles. The average molecular weight is 214 g/mol. The van der Waals surface area contributed by atoms with Crippen LogP contribution in [0.4, 0.5) is 0 Å². The van der Waals surface area contributed by atoms with Crippen LogP contribution in [-0.2, 0) is 4.79 Å². The van der Waals surface area contributed by atoms with E-state index in [-0.39, 0.29) is 5.56 Å². The third-order valence-corrected chi connectivity index (χ3v) is 2.25. The first-order chi connectivity index (χ1) is 7.63. The number of nitrogens with one attached hydrogen (secondary N) is 1. The SMILES string of the molecule is N#Cc1ccc2[nH]cc(C(=O)C(=O)O)c2c1. The number of carbonyl (C=O) groups is 2. The number of carboxylic acids is 1. The second kappa shape index (κ2) is 3.51. The summed E-state index contributed by atoms with van der Waals surface area (Å²) in [6.07, 6.45) is 1.34. The fraction of sp³-hybridized carbons (Fsp3) is 0. The predicted molar refractivity (Wildman–Crippen MR) is 55.0 cm³/mol.